The lowest BCUT2D eigenvalue weighted by molar-refractivity contribution is -0.134. The normalized spacial score (nSPS) is 23.4. The van der Waals surface area contributed by atoms with Gasteiger partial charge in [-0.05, 0) is 39.0 Å². The highest BCUT2D eigenvalue weighted by atomic mass is 16.2. The second kappa shape index (κ2) is 10.9. The van der Waals surface area contributed by atoms with Gasteiger partial charge < -0.3 is 10.2 Å². The minimum Gasteiger partial charge on any atom is -0.342 e. The van der Waals surface area contributed by atoms with Crippen LogP contribution >= 0.6 is 0 Å². The first kappa shape index (κ1) is 22.0. The molecular weight excluding hydrogens is 370 g/mol. The van der Waals surface area contributed by atoms with Crippen molar-refractivity contribution in [3.05, 3.63) is 0 Å². The van der Waals surface area contributed by atoms with Crippen molar-refractivity contribution in [3.63, 3.8) is 0 Å². The van der Waals surface area contributed by atoms with Crippen LogP contribution in [0.2, 0.25) is 0 Å². The molecule has 1 aliphatic carbocycles. The summed E-state index contributed by atoms with van der Waals surface area (Å²) in [5.74, 6) is -0.0283. The van der Waals surface area contributed by atoms with Crippen LogP contribution in [-0.2, 0) is 9.59 Å². The van der Waals surface area contributed by atoms with Crippen LogP contribution in [0.15, 0.2) is 0 Å². The van der Waals surface area contributed by atoms with E-state index in [1.54, 1.807) is 0 Å². The van der Waals surface area contributed by atoms with E-state index in [4.69, 9.17) is 0 Å². The Kier molecular flexibility index (Phi) is 8.29. The molecule has 164 valence electrons. The summed E-state index contributed by atoms with van der Waals surface area (Å²) in [5, 5.41) is 5.43. The number of imide groups is 1. The Labute approximate surface area is 174 Å². The van der Waals surface area contributed by atoms with Gasteiger partial charge in [-0.25, -0.2) is 4.79 Å². The largest absolute Gasteiger partial charge is 0.342 e. The number of carbonyl (C=O) groups is 3. The van der Waals surface area contributed by atoms with Crippen LogP contribution in [0.3, 0.4) is 0 Å². The smallest absolute Gasteiger partial charge is 0.321 e. The van der Waals surface area contributed by atoms with Crippen molar-refractivity contribution >= 4 is 17.8 Å². The first-order chi connectivity index (χ1) is 14.0. The number of hydrogen-bond donors (Lipinski definition) is 2. The van der Waals surface area contributed by atoms with E-state index in [1.807, 2.05) is 11.8 Å². The van der Waals surface area contributed by atoms with E-state index >= 15 is 0 Å². The Morgan fingerprint density at radius 3 is 2.14 bits per heavy atom. The average molecular weight is 408 g/mol. The fourth-order valence-corrected chi connectivity index (χ4v) is 4.59. The number of hydrogen-bond acceptors (Lipinski definition) is 5. The number of nitrogens with zero attached hydrogens (tertiary/aromatic N) is 3. The molecule has 2 N–H and O–H groups in total. The molecule has 8 heteroatoms. The van der Waals surface area contributed by atoms with E-state index in [0.29, 0.717) is 6.54 Å². The van der Waals surface area contributed by atoms with Gasteiger partial charge in [0, 0.05) is 45.3 Å². The zero-order valence-electron chi connectivity index (χ0n) is 17.8. The van der Waals surface area contributed by atoms with E-state index in [1.165, 1.54) is 12.8 Å². The molecule has 3 fully saturated rings. The minimum atomic E-state index is -0.375. The van der Waals surface area contributed by atoms with Gasteiger partial charge in [0.1, 0.15) is 0 Å². The Morgan fingerprint density at radius 1 is 0.862 bits per heavy atom. The summed E-state index contributed by atoms with van der Waals surface area (Å²) < 4.78 is 0. The molecule has 3 rings (SSSR count). The molecule has 0 aromatic carbocycles. The van der Waals surface area contributed by atoms with E-state index < -0.39 is 0 Å². The van der Waals surface area contributed by atoms with Gasteiger partial charge in [-0.1, -0.05) is 19.3 Å². The molecule has 0 spiro atoms. The molecule has 2 saturated heterocycles. The van der Waals surface area contributed by atoms with Gasteiger partial charge in [-0.15, -0.1) is 0 Å². The summed E-state index contributed by atoms with van der Waals surface area (Å²) in [6, 6.07) is -0.542. The lowest BCUT2D eigenvalue weighted by Gasteiger charge is -2.38. The minimum absolute atomic E-state index is 0.188. The highest BCUT2D eigenvalue weighted by Gasteiger charge is 2.28. The van der Waals surface area contributed by atoms with Crippen LogP contribution in [0.1, 0.15) is 58.3 Å². The Hall–Kier alpha value is -1.67. The maximum atomic E-state index is 12.5. The molecule has 0 aromatic rings. The average Bonchev–Trinajstić information content (AvgIpc) is 2.75. The first-order valence-corrected chi connectivity index (χ1v) is 11.4. The number of urea groups is 1. The lowest BCUT2D eigenvalue weighted by Crippen LogP contribution is -2.57. The molecule has 29 heavy (non-hydrogen) atoms. The van der Waals surface area contributed by atoms with Crippen LogP contribution < -0.4 is 10.6 Å². The van der Waals surface area contributed by atoms with Crippen molar-refractivity contribution in [2.75, 3.05) is 45.8 Å². The summed E-state index contributed by atoms with van der Waals surface area (Å²) >= 11 is 0. The van der Waals surface area contributed by atoms with Crippen molar-refractivity contribution in [3.8, 4) is 0 Å². The van der Waals surface area contributed by atoms with Crippen LogP contribution in [0.5, 0.6) is 0 Å². The maximum Gasteiger partial charge on any atom is 0.321 e. The highest BCUT2D eigenvalue weighted by Crippen LogP contribution is 2.17. The number of rotatable bonds is 5. The van der Waals surface area contributed by atoms with Crippen LogP contribution in [0.4, 0.5) is 4.79 Å². The molecule has 1 saturated carbocycles. The second-order valence-corrected chi connectivity index (χ2v) is 8.73. The molecule has 1 unspecified atom stereocenters. The number of piperazine rings is 1. The quantitative estimate of drug-likeness (QED) is 0.715. The monoisotopic (exact) mass is 407 g/mol. The standard InChI is InChI=1S/C21H37N5O3/c1-17(20(28)23-21(29)22-18-8-4-2-5-9-18)25-14-12-24(13-15-25)16-19(27)26-10-6-3-7-11-26/h17-18H,2-16H2,1H3,(H2,22,23,28,29). The van der Waals surface area contributed by atoms with Crippen molar-refractivity contribution in [2.24, 2.45) is 0 Å². The molecule has 4 amide bonds. The van der Waals surface area contributed by atoms with Gasteiger partial charge in [0.05, 0.1) is 12.6 Å². The van der Waals surface area contributed by atoms with E-state index in [2.05, 4.69) is 20.4 Å². The third kappa shape index (κ3) is 6.67. The summed E-state index contributed by atoms with van der Waals surface area (Å²) in [7, 11) is 0. The third-order valence-corrected chi connectivity index (χ3v) is 6.58. The molecule has 0 bridgehead atoms. The van der Waals surface area contributed by atoms with E-state index in [9.17, 15) is 14.4 Å². The fourth-order valence-electron chi connectivity index (χ4n) is 4.59. The number of likely N-dealkylation sites (tertiary alicyclic amines) is 1. The molecule has 8 nitrogen and oxygen atoms in total. The van der Waals surface area contributed by atoms with Crippen molar-refractivity contribution in [1.29, 1.82) is 0 Å². The number of amides is 4. The summed E-state index contributed by atoms with van der Waals surface area (Å²) in [6.45, 7) is 7.09. The Bertz CT molecular complexity index is 565. The predicted octanol–water partition coefficient (Wildman–Crippen LogP) is 1.16. The number of piperidine rings is 1. The Balaban J connectivity index is 1.36. The van der Waals surface area contributed by atoms with Crippen molar-refractivity contribution < 1.29 is 14.4 Å². The number of nitrogens with one attached hydrogen (secondary N) is 2. The van der Waals surface area contributed by atoms with Crippen molar-refractivity contribution in [2.45, 2.75) is 70.4 Å². The zero-order chi connectivity index (χ0) is 20.6. The molecule has 1 atom stereocenters. The second-order valence-electron chi connectivity index (χ2n) is 8.73. The molecule has 2 aliphatic heterocycles. The van der Waals surface area contributed by atoms with Gasteiger partial charge in [0.25, 0.3) is 0 Å². The highest BCUT2D eigenvalue weighted by molar-refractivity contribution is 5.96. The zero-order valence-corrected chi connectivity index (χ0v) is 17.8. The molecule has 3 aliphatic rings. The maximum absolute atomic E-state index is 12.5. The van der Waals surface area contributed by atoms with Gasteiger partial charge in [-0.3, -0.25) is 24.7 Å². The van der Waals surface area contributed by atoms with Gasteiger partial charge in [-0.2, -0.15) is 0 Å². The Morgan fingerprint density at radius 2 is 1.48 bits per heavy atom. The van der Waals surface area contributed by atoms with Gasteiger partial charge in [0.15, 0.2) is 0 Å². The molecule has 0 aromatic heterocycles. The van der Waals surface area contributed by atoms with Crippen LogP contribution in [-0.4, -0.2) is 90.4 Å². The summed E-state index contributed by atoms with van der Waals surface area (Å²) in [4.78, 5) is 43.3. The summed E-state index contributed by atoms with van der Waals surface area (Å²) in [6.07, 6.45) is 8.94. The summed E-state index contributed by atoms with van der Waals surface area (Å²) in [5.41, 5.74) is 0. The topological polar surface area (TPSA) is 85.0 Å². The molecule has 2 heterocycles. The molecule has 0 radical (unpaired) electrons. The first-order valence-electron chi connectivity index (χ1n) is 11.4. The van der Waals surface area contributed by atoms with E-state index in [0.717, 1.165) is 77.8 Å². The van der Waals surface area contributed by atoms with E-state index in [-0.39, 0.29) is 29.9 Å². The van der Waals surface area contributed by atoms with Gasteiger partial charge >= 0.3 is 6.03 Å². The third-order valence-electron chi connectivity index (χ3n) is 6.58. The fraction of sp³-hybridized carbons (Fsp3) is 0.857. The van der Waals surface area contributed by atoms with Gasteiger partial charge in [0.2, 0.25) is 11.8 Å². The molecular formula is C21H37N5O3. The lowest BCUT2D eigenvalue weighted by atomic mass is 9.96. The number of carbonyl (C=O) groups excluding carboxylic acids is 3. The SMILES string of the molecule is CC(C(=O)NC(=O)NC1CCCCC1)N1CCN(CC(=O)N2CCCCC2)CC1. The van der Waals surface area contributed by atoms with Crippen LogP contribution in [0, 0.1) is 0 Å². The van der Waals surface area contributed by atoms with Crippen molar-refractivity contribution in [1.82, 2.24) is 25.3 Å². The van der Waals surface area contributed by atoms with Crippen LogP contribution in [0.25, 0.3) is 0 Å². The predicted molar refractivity (Wildman–Crippen MR) is 111 cm³/mol.